The van der Waals surface area contributed by atoms with Crippen molar-refractivity contribution in [3.8, 4) is 17.4 Å². The fourth-order valence-corrected chi connectivity index (χ4v) is 2.41. The summed E-state index contributed by atoms with van der Waals surface area (Å²) in [5.74, 6) is 1.09. The number of primary amides is 1. The van der Waals surface area contributed by atoms with Gasteiger partial charge < -0.3 is 20.5 Å². The Balaban J connectivity index is 2.04. The SMILES string of the molecule is CCOc1cc(CNCCC(C)(C)C)ccc1Oc1ccc(C(N)=O)cn1. The predicted molar refractivity (Wildman–Crippen MR) is 106 cm³/mol. The van der Waals surface area contributed by atoms with E-state index in [0.717, 1.165) is 25.1 Å². The molecule has 1 heterocycles. The van der Waals surface area contributed by atoms with Crippen LogP contribution < -0.4 is 20.5 Å². The van der Waals surface area contributed by atoms with Crippen molar-refractivity contribution >= 4 is 5.91 Å². The quantitative estimate of drug-likeness (QED) is 0.653. The van der Waals surface area contributed by atoms with Gasteiger partial charge in [0.25, 0.3) is 0 Å². The smallest absolute Gasteiger partial charge is 0.250 e. The molecule has 6 nitrogen and oxygen atoms in total. The molecule has 0 atom stereocenters. The molecule has 0 aliphatic carbocycles. The van der Waals surface area contributed by atoms with Gasteiger partial charge in [-0.2, -0.15) is 0 Å². The van der Waals surface area contributed by atoms with Crippen LogP contribution in [0.4, 0.5) is 0 Å². The van der Waals surface area contributed by atoms with Gasteiger partial charge in [0.2, 0.25) is 11.8 Å². The monoisotopic (exact) mass is 371 g/mol. The number of nitrogens with one attached hydrogen (secondary N) is 1. The summed E-state index contributed by atoms with van der Waals surface area (Å²) in [7, 11) is 0. The lowest BCUT2D eigenvalue weighted by Crippen LogP contribution is -2.20. The molecule has 0 fully saturated rings. The minimum absolute atomic E-state index is 0.318. The molecule has 0 bridgehead atoms. The number of pyridine rings is 1. The summed E-state index contributed by atoms with van der Waals surface area (Å²) in [6.07, 6.45) is 2.50. The predicted octanol–water partition coefficient (Wildman–Crippen LogP) is 3.90. The van der Waals surface area contributed by atoms with E-state index in [1.165, 1.54) is 6.20 Å². The summed E-state index contributed by atoms with van der Waals surface area (Å²) in [6, 6.07) is 9.03. The number of ether oxygens (including phenoxy) is 2. The fourth-order valence-electron chi connectivity index (χ4n) is 2.41. The van der Waals surface area contributed by atoms with Gasteiger partial charge in [0.1, 0.15) is 0 Å². The first-order valence-electron chi connectivity index (χ1n) is 9.18. The third kappa shape index (κ3) is 6.90. The third-order valence-corrected chi connectivity index (χ3v) is 3.92. The van der Waals surface area contributed by atoms with E-state index in [-0.39, 0.29) is 0 Å². The van der Waals surface area contributed by atoms with Gasteiger partial charge in [-0.25, -0.2) is 4.98 Å². The highest BCUT2D eigenvalue weighted by molar-refractivity contribution is 5.92. The number of amides is 1. The number of rotatable bonds is 9. The van der Waals surface area contributed by atoms with Crippen LogP contribution in [0.1, 0.15) is 50.0 Å². The van der Waals surface area contributed by atoms with Crippen molar-refractivity contribution < 1.29 is 14.3 Å². The van der Waals surface area contributed by atoms with E-state index in [1.807, 2.05) is 25.1 Å². The van der Waals surface area contributed by atoms with Crippen LogP contribution >= 0.6 is 0 Å². The minimum Gasteiger partial charge on any atom is -0.490 e. The van der Waals surface area contributed by atoms with Gasteiger partial charge in [-0.1, -0.05) is 26.8 Å². The molecule has 0 saturated heterocycles. The summed E-state index contributed by atoms with van der Waals surface area (Å²) in [4.78, 5) is 15.2. The highest BCUT2D eigenvalue weighted by Gasteiger charge is 2.11. The molecule has 146 valence electrons. The molecule has 1 amide bonds. The number of aromatic nitrogens is 1. The second-order valence-electron chi connectivity index (χ2n) is 7.55. The molecule has 1 aromatic carbocycles. The molecule has 2 aromatic rings. The van der Waals surface area contributed by atoms with E-state index in [2.05, 4.69) is 31.1 Å². The lowest BCUT2D eigenvalue weighted by atomic mass is 9.92. The molecular formula is C21H29N3O3. The van der Waals surface area contributed by atoms with Crippen molar-refractivity contribution in [1.82, 2.24) is 10.3 Å². The fraction of sp³-hybridized carbons (Fsp3) is 0.429. The first-order chi connectivity index (χ1) is 12.8. The van der Waals surface area contributed by atoms with Crippen molar-refractivity contribution in [2.24, 2.45) is 11.1 Å². The van der Waals surface area contributed by atoms with E-state index in [4.69, 9.17) is 15.2 Å². The topological polar surface area (TPSA) is 86.5 Å². The summed E-state index contributed by atoms with van der Waals surface area (Å²) in [5.41, 5.74) is 7.00. The molecule has 0 radical (unpaired) electrons. The molecule has 2 rings (SSSR count). The highest BCUT2D eigenvalue weighted by atomic mass is 16.5. The lowest BCUT2D eigenvalue weighted by molar-refractivity contribution is 0.1000. The summed E-state index contributed by atoms with van der Waals surface area (Å²) in [5, 5.41) is 3.46. The van der Waals surface area contributed by atoms with Gasteiger partial charge in [0, 0.05) is 18.8 Å². The van der Waals surface area contributed by atoms with Crippen molar-refractivity contribution in [3.63, 3.8) is 0 Å². The number of carbonyl (C=O) groups excluding carboxylic acids is 1. The molecule has 0 unspecified atom stereocenters. The summed E-state index contributed by atoms with van der Waals surface area (Å²) in [6.45, 7) is 10.9. The third-order valence-electron chi connectivity index (χ3n) is 3.92. The first-order valence-corrected chi connectivity index (χ1v) is 9.18. The Morgan fingerprint density at radius 2 is 1.96 bits per heavy atom. The molecule has 0 spiro atoms. The standard InChI is InChI=1S/C21H29N3O3/c1-5-26-18-12-15(13-23-11-10-21(2,3)4)6-8-17(18)27-19-9-7-16(14-24-19)20(22)25/h6-9,12,14,23H,5,10-11,13H2,1-4H3,(H2,22,25). The van der Waals surface area contributed by atoms with E-state index in [9.17, 15) is 4.79 Å². The Morgan fingerprint density at radius 1 is 1.19 bits per heavy atom. The second-order valence-corrected chi connectivity index (χ2v) is 7.55. The molecule has 0 aliphatic rings. The molecule has 3 N–H and O–H groups in total. The zero-order chi connectivity index (χ0) is 19.9. The van der Waals surface area contributed by atoms with Gasteiger partial charge in [-0.05, 0) is 49.1 Å². The lowest BCUT2D eigenvalue weighted by Gasteiger charge is -2.18. The van der Waals surface area contributed by atoms with Crippen LogP contribution in [0.3, 0.4) is 0 Å². The van der Waals surface area contributed by atoms with Crippen molar-refractivity contribution in [3.05, 3.63) is 47.7 Å². The number of nitrogens with two attached hydrogens (primary N) is 1. The average molecular weight is 371 g/mol. The van der Waals surface area contributed by atoms with Gasteiger partial charge in [0.15, 0.2) is 11.5 Å². The van der Waals surface area contributed by atoms with Crippen molar-refractivity contribution in [2.75, 3.05) is 13.2 Å². The zero-order valence-electron chi connectivity index (χ0n) is 16.5. The van der Waals surface area contributed by atoms with Crippen LogP contribution in [0.25, 0.3) is 0 Å². The molecule has 1 aromatic heterocycles. The molecular weight excluding hydrogens is 342 g/mol. The number of nitrogens with zero attached hydrogens (tertiary/aromatic N) is 1. The summed E-state index contributed by atoms with van der Waals surface area (Å²) >= 11 is 0. The van der Waals surface area contributed by atoms with Gasteiger partial charge in [-0.3, -0.25) is 4.79 Å². The van der Waals surface area contributed by atoms with Crippen LogP contribution in [0.15, 0.2) is 36.5 Å². The van der Waals surface area contributed by atoms with Crippen LogP contribution in [0.5, 0.6) is 17.4 Å². The van der Waals surface area contributed by atoms with Crippen LogP contribution in [-0.4, -0.2) is 24.0 Å². The first kappa shape index (κ1) is 20.7. The summed E-state index contributed by atoms with van der Waals surface area (Å²) < 4.78 is 11.5. The molecule has 6 heteroatoms. The maximum absolute atomic E-state index is 11.1. The normalized spacial score (nSPS) is 11.3. The minimum atomic E-state index is -0.521. The van der Waals surface area contributed by atoms with E-state index < -0.39 is 5.91 Å². The van der Waals surface area contributed by atoms with E-state index in [0.29, 0.717) is 35.0 Å². The van der Waals surface area contributed by atoms with Crippen molar-refractivity contribution in [2.45, 2.75) is 40.7 Å². The molecule has 27 heavy (non-hydrogen) atoms. The Hall–Kier alpha value is -2.60. The Morgan fingerprint density at radius 3 is 2.56 bits per heavy atom. The number of hydrogen-bond donors (Lipinski definition) is 2. The molecule has 0 aliphatic heterocycles. The largest absolute Gasteiger partial charge is 0.490 e. The van der Waals surface area contributed by atoms with Gasteiger partial charge in [0.05, 0.1) is 12.2 Å². The Bertz CT molecular complexity index is 752. The number of benzene rings is 1. The van der Waals surface area contributed by atoms with Crippen LogP contribution in [0, 0.1) is 5.41 Å². The molecule has 0 saturated carbocycles. The van der Waals surface area contributed by atoms with Gasteiger partial charge in [-0.15, -0.1) is 0 Å². The number of hydrogen-bond acceptors (Lipinski definition) is 5. The van der Waals surface area contributed by atoms with E-state index >= 15 is 0 Å². The Kier molecular flexibility index (Phi) is 7.19. The average Bonchev–Trinajstić information content (AvgIpc) is 2.60. The Labute approximate surface area is 161 Å². The maximum atomic E-state index is 11.1. The van der Waals surface area contributed by atoms with Crippen LogP contribution in [-0.2, 0) is 6.54 Å². The highest BCUT2D eigenvalue weighted by Crippen LogP contribution is 2.32. The van der Waals surface area contributed by atoms with Crippen LogP contribution in [0.2, 0.25) is 0 Å². The zero-order valence-corrected chi connectivity index (χ0v) is 16.5. The maximum Gasteiger partial charge on any atom is 0.250 e. The van der Waals surface area contributed by atoms with E-state index in [1.54, 1.807) is 12.1 Å². The number of carbonyl (C=O) groups is 1. The van der Waals surface area contributed by atoms with Crippen molar-refractivity contribution in [1.29, 1.82) is 0 Å². The second kappa shape index (κ2) is 9.37. The van der Waals surface area contributed by atoms with Gasteiger partial charge >= 0.3 is 0 Å².